The summed E-state index contributed by atoms with van der Waals surface area (Å²) in [5, 5.41) is 18.3. The van der Waals surface area contributed by atoms with Crippen LogP contribution in [0.3, 0.4) is 0 Å². The highest BCUT2D eigenvalue weighted by molar-refractivity contribution is 5.03. The fourth-order valence-corrected chi connectivity index (χ4v) is 1.85. The van der Waals surface area contributed by atoms with Crippen molar-refractivity contribution in [3.63, 3.8) is 0 Å². The van der Waals surface area contributed by atoms with Crippen LogP contribution in [-0.4, -0.2) is 44.8 Å². The normalized spacial score (nSPS) is 31.8. The SMILES string of the molecule is Cc1cn([C@H]2O[C@@H](CO)[C@H](O)[C@@H]2F)c(=O)[nH]c1=O. The number of hydrogen-bond acceptors (Lipinski definition) is 5. The second-order valence-corrected chi connectivity index (χ2v) is 4.16. The van der Waals surface area contributed by atoms with Gasteiger partial charge in [0, 0.05) is 11.8 Å². The van der Waals surface area contributed by atoms with Gasteiger partial charge in [0.05, 0.1) is 6.61 Å². The van der Waals surface area contributed by atoms with Crippen LogP contribution in [0.25, 0.3) is 0 Å². The van der Waals surface area contributed by atoms with E-state index in [0.717, 1.165) is 10.8 Å². The van der Waals surface area contributed by atoms with E-state index >= 15 is 0 Å². The monoisotopic (exact) mass is 260 g/mol. The van der Waals surface area contributed by atoms with Crippen LogP contribution >= 0.6 is 0 Å². The Morgan fingerprint density at radius 2 is 2.22 bits per heavy atom. The zero-order chi connectivity index (χ0) is 13.4. The molecule has 0 unspecified atom stereocenters. The van der Waals surface area contributed by atoms with Crippen molar-refractivity contribution in [2.24, 2.45) is 0 Å². The molecule has 3 N–H and O–H groups in total. The molecule has 8 heteroatoms. The van der Waals surface area contributed by atoms with Gasteiger partial charge >= 0.3 is 5.69 Å². The zero-order valence-electron chi connectivity index (χ0n) is 9.54. The van der Waals surface area contributed by atoms with Crippen molar-refractivity contribution in [2.45, 2.75) is 31.5 Å². The van der Waals surface area contributed by atoms with Gasteiger partial charge < -0.3 is 14.9 Å². The number of aromatic nitrogens is 2. The Morgan fingerprint density at radius 3 is 2.78 bits per heavy atom. The van der Waals surface area contributed by atoms with E-state index in [1.807, 2.05) is 4.98 Å². The van der Waals surface area contributed by atoms with Gasteiger partial charge in [-0.2, -0.15) is 0 Å². The van der Waals surface area contributed by atoms with Gasteiger partial charge in [-0.05, 0) is 6.92 Å². The molecule has 4 atom stereocenters. The topological polar surface area (TPSA) is 105 Å². The standard InChI is InChI=1S/C10H13FN2O5/c1-4-2-13(10(17)12-8(4)16)9-6(11)7(15)5(3-14)18-9/h2,5-7,9,14-15H,3H2,1H3,(H,12,16,17)/t5-,6-,7-,9-/m0/s1. The Labute approximate surface area is 100 Å². The Hall–Kier alpha value is -1.51. The first-order valence-electron chi connectivity index (χ1n) is 5.36. The van der Waals surface area contributed by atoms with Crippen LogP contribution < -0.4 is 11.2 Å². The molecule has 0 aromatic carbocycles. The molecule has 1 saturated heterocycles. The second kappa shape index (κ2) is 4.63. The van der Waals surface area contributed by atoms with Crippen molar-refractivity contribution < 1.29 is 19.3 Å². The molecular formula is C10H13FN2O5. The quantitative estimate of drug-likeness (QED) is 0.596. The number of aryl methyl sites for hydroxylation is 1. The first-order valence-corrected chi connectivity index (χ1v) is 5.36. The first-order chi connectivity index (χ1) is 8.45. The smallest absolute Gasteiger partial charge is 0.330 e. The summed E-state index contributed by atoms with van der Waals surface area (Å²) in [5.74, 6) is 0. The molecule has 0 spiro atoms. The number of alkyl halides is 1. The number of nitrogens with one attached hydrogen (secondary N) is 1. The lowest BCUT2D eigenvalue weighted by molar-refractivity contribution is -0.0492. The molecule has 1 aliphatic heterocycles. The van der Waals surface area contributed by atoms with Gasteiger partial charge in [0.25, 0.3) is 5.56 Å². The molecule has 1 aromatic heterocycles. The van der Waals surface area contributed by atoms with E-state index < -0.39 is 42.5 Å². The molecule has 1 fully saturated rings. The maximum absolute atomic E-state index is 13.8. The van der Waals surface area contributed by atoms with E-state index in [9.17, 15) is 19.1 Å². The Bertz CT molecular complexity index is 554. The number of aliphatic hydroxyl groups is 2. The molecule has 0 bridgehead atoms. The molecule has 2 rings (SSSR count). The van der Waals surface area contributed by atoms with Crippen molar-refractivity contribution in [3.8, 4) is 0 Å². The van der Waals surface area contributed by atoms with Gasteiger partial charge in [-0.15, -0.1) is 0 Å². The van der Waals surface area contributed by atoms with Crippen LogP contribution in [0.4, 0.5) is 4.39 Å². The number of rotatable bonds is 2. The Morgan fingerprint density at radius 1 is 1.56 bits per heavy atom. The fraction of sp³-hybridized carbons (Fsp3) is 0.600. The molecule has 0 aliphatic carbocycles. The molecule has 1 aliphatic rings. The molecule has 0 saturated carbocycles. The van der Waals surface area contributed by atoms with Crippen molar-refractivity contribution in [1.29, 1.82) is 0 Å². The van der Waals surface area contributed by atoms with Crippen molar-refractivity contribution >= 4 is 0 Å². The number of H-pyrrole nitrogens is 1. The summed E-state index contributed by atoms with van der Waals surface area (Å²) in [4.78, 5) is 24.7. The number of aliphatic hydroxyl groups excluding tert-OH is 2. The van der Waals surface area contributed by atoms with E-state index in [4.69, 9.17) is 9.84 Å². The number of hydrogen-bond donors (Lipinski definition) is 3. The summed E-state index contributed by atoms with van der Waals surface area (Å²) in [6, 6.07) is 0. The van der Waals surface area contributed by atoms with Crippen LogP contribution in [-0.2, 0) is 4.74 Å². The van der Waals surface area contributed by atoms with E-state index in [-0.39, 0.29) is 5.56 Å². The summed E-state index contributed by atoms with van der Waals surface area (Å²) in [5.41, 5.74) is -1.18. The molecule has 2 heterocycles. The summed E-state index contributed by atoms with van der Waals surface area (Å²) >= 11 is 0. The van der Waals surface area contributed by atoms with Crippen molar-refractivity contribution in [3.05, 3.63) is 32.6 Å². The average molecular weight is 260 g/mol. The summed E-state index contributed by atoms with van der Waals surface area (Å²) in [6.07, 6.45) is -4.67. The molecule has 7 nitrogen and oxygen atoms in total. The van der Waals surface area contributed by atoms with E-state index in [0.29, 0.717) is 0 Å². The molecule has 0 radical (unpaired) electrons. The minimum Gasteiger partial charge on any atom is -0.394 e. The zero-order valence-corrected chi connectivity index (χ0v) is 9.54. The van der Waals surface area contributed by atoms with Crippen LogP contribution in [0.1, 0.15) is 11.8 Å². The number of aromatic amines is 1. The minimum atomic E-state index is -1.86. The molecule has 100 valence electrons. The van der Waals surface area contributed by atoms with Gasteiger partial charge in [0.2, 0.25) is 0 Å². The van der Waals surface area contributed by atoms with Crippen LogP contribution in [0, 0.1) is 6.92 Å². The molecule has 18 heavy (non-hydrogen) atoms. The van der Waals surface area contributed by atoms with Gasteiger partial charge in [0.1, 0.15) is 12.2 Å². The van der Waals surface area contributed by atoms with Crippen LogP contribution in [0.15, 0.2) is 15.8 Å². The van der Waals surface area contributed by atoms with E-state index in [1.165, 1.54) is 6.92 Å². The maximum atomic E-state index is 13.8. The maximum Gasteiger partial charge on any atom is 0.330 e. The predicted octanol–water partition coefficient (Wildman–Crippen LogP) is -1.57. The lowest BCUT2D eigenvalue weighted by atomic mass is 10.1. The lowest BCUT2D eigenvalue weighted by Gasteiger charge is -2.15. The highest BCUT2D eigenvalue weighted by atomic mass is 19.1. The highest BCUT2D eigenvalue weighted by Crippen LogP contribution is 2.30. The molecule has 0 amide bonds. The summed E-state index contributed by atoms with van der Waals surface area (Å²) in [6.45, 7) is 0.895. The van der Waals surface area contributed by atoms with Gasteiger partial charge in [-0.1, -0.05) is 0 Å². The Balaban J connectivity index is 2.42. The lowest BCUT2D eigenvalue weighted by Crippen LogP contribution is -2.36. The molecule has 1 aromatic rings. The Kier molecular flexibility index (Phi) is 3.33. The third-order valence-electron chi connectivity index (χ3n) is 2.89. The third kappa shape index (κ3) is 1.98. The van der Waals surface area contributed by atoms with Crippen molar-refractivity contribution in [2.75, 3.05) is 6.61 Å². The van der Waals surface area contributed by atoms with Gasteiger partial charge in [-0.25, -0.2) is 9.18 Å². The van der Waals surface area contributed by atoms with Crippen LogP contribution in [0.5, 0.6) is 0 Å². The van der Waals surface area contributed by atoms with Gasteiger partial charge in [0.15, 0.2) is 12.4 Å². The largest absolute Gasteiger partial charge is 0.394 e. The number of halogens is 1. The minimum absolute atomic E-state index is 0.215. The highest BCUT2D eigenvalue weighted by Gasteiger charge is 2.45. The van der Waals surface area contributed by atoms with Crippen molar-refractivity contribution in [1.82, 2.24) is 9.55 Å². The average Bonchev–Trinajstić information content (AvgIpc) is 2.61. The van der Waals surface area contributed by atoms with E-state index in [2.05, 4.69) is 0 Å². The summed E-state index contributed by atoms with van der Waals surface area (Å²) in [7, 11) is 0. The number of nitrogens with zero attached hydrogens (tertiary/aromatic N) is 1. The van der Waals surface area contributed by atoms with Gasteiger partial charge in [-0.3, -0.25) is 14.3 Å². The van der Waals surface area contributed by atoms with E-state index in [1.54, 1.807) is 0 Å². The van der Waals surface area contributed by atoms with Crippen LogP contribution in [0.2, 0.25) is 0 Å². The summed E-state index contributed by atoms with van der Waals surface area (Å²) < 4.78 is 19.7. The third-order valence-corrected chi connectivity index (χ3v) is 2.89. The number of ether oxygens (including phenoxy) is 1. The predicted molar refractivity (Wildman–Crippen MR) is 58.0 cm³/mol. The first kappa shape index (κ1) is 12.9. The fourth-order valence-electron chi connectivity index (χ4n) is 1.85. The second-order valence-electron chi connectivity index (χ2n) is 4.16. The molecular weight excluding hydrogens is 247 g/mol.